The maximum Gasteiger partial charge on any atom is 0.261 e. The lowest BCUT2D eigenvalue weighted by Crippen LogP contribution is -2.15. The Bertz CT molecular complexity index is 332. The van der Waals surface area contributed by atoms with E-state index in [2.05, 4.69) is 0 Å². The van der Waals surface area contributed by atoms with E-state index in [0.717, 1.165) is 17.1 Å². The minimum absolute atomic E-state index is 0.0273. The summed E-state index contributed by atoms with van der Waals surface area (Å²) in [5.74, 6) is 1.50. The number of fused-ring (bicyclic) bond motifs is 1. The molecule has 3 nitrogen and oxygen atoms in total. The highest BCUT2D eigenvalue weighted by Gasteiger charge is 2.21. The lowest BCUT2D eigenvalue weighted by Gasteiger charge is -2.05. The van der Waals surface area contributed by atoms with Crippen molar-refractivity contribution in [3.05, 3.63) is 35.9 Å². The Morgan fingerprint density at radius 1 is 1.36 bits per heavy atom. The topological polar surface area (TPSA) is 38.7 Å². The number of ether oxygens (including phenoxy) is 2. The second kappa shape index (κ2) is 3.72. The van der Waals surface area contributed by atoms with Crippen molar-refractivity contribution in [1.29, 1.82) is 0 Å². The number of aliphatic hydroxyl groups is 1. The lowest BCUT2D eigenvalue weighted by atomic mass is 10.3. The lowest BCUT2D eigenvalue weighted by molar-refractivity contribution is 0.0936. The fraction of sp³-hybridized carbons (Fsp3) is 0.273. The number of para-hydroxylation sites is 2. The quantitative estimate of drug-likeness (QED) is 0.725. The molecule has 0 unspecified atom stereocenters. The molecule has 0 radical (unpaired) electrons. The Balaban J connectivity index is 2.12. The van der Waals surface area contributed by atoms with Gasteiger partial charge in [-0.1, -0.05) is 12.1 Å². The molecule has 14 heavy (non-hydrogen) atoms. The van der Waals surface area contributed by atoms with E-state index in [1.165, 1.54) is 0 Å². The summed E-state index contributed by atoms with van der Waals surface area (Å²) >= 11 is 0. The van der Waals surface area contributed by atoms with Gasteiger partial charge in [0.25, 0.3) is 6.29 Å². The molecule has 3 heteroatoms. The molecule has 1 aromatic rings. The van der Waals surface area contributed by atoms with Crippen molar-refractivity contribution in [2.24, 2.45) is 0 Å². The second-order valence-electron chi connectivity index (χ2n) is 3.22. The highest BCUT2D eigenvalue weighted by molar-refractivity contribution is 5.42. The van der Waals surface area contributed by atoms with Crippen molar-refractivity contribution < 1.29 is 14.6 Å². The van der Waals surface area contributed by atoms with E-state index in [9.17, 15) is 0 Å². The molecule has 0 aliphatic carbocycles. The molecule has 1 aliphatic rings. The first-order valence-corrected chi connectivity index (χ1v) is 4.50. The summed E-state index contributed by atoms with van der Waals surface area (Å²) < 4.78 is 10.9. The predicted octanol–water partition coefficient (Wildman–Crippen LogP) is 1.72. The first kappa shape index (κ1) is 9.09. The van der Waals surface area contributed by atoms with Crippen LogP contribution in [0.1, 0.15) is 6.92 Å². The molecule has 1 aromatic carbocycles. The molecule has 0 bridgehead atoms. The maximum atomic E-state index is 8.83. The zero-order chi connectivity index (χ0) is 9.97. The third-order valence-electron chi connectivity index (χ3n) is 2.01. The summed E-state index contributed by atoms with van der Waals surface area (Å²) in [5.41, 5.74) is 0.836. The molecule has 74 valence electrons. The minimum atomic E-state index is -0.403. The van der Waals surface area contributed by atoms with Crippen LogP contribution in [0.25, 0.3) is 0 Å². The van der Waals surface area contributed by atoms with Crippen LogP contribution < -0.4 is 9.47 Å². The van der Waals surface area contributed by atoms with Crippen LogP contribution in [0, 0.1) is 0 Å². The van der Waals surface area contributed by atoms with Crippen LogP contribution in [0.2, 0.25) is 0 Å². The summed E-state index contributed by atoms with van der Waals surface area (Å²) in [4.78, 5) is 0. The maximum absolute atomic E-state index is 8.83. The van der Waals surface area contributed by atoms with E-state index in [0.29, 0.717) is 0 Å². The van der Waals surface area contributed by atoms with Crippen molar-refractivity contribution in [1.82, 2.24) is 0 Å². The molecule has 0 atom stereocenters. The zero-order valence-corrected chi connectivity index (χ0v) is 7.93. The van der Waals surface area contributed by atoms with Crippen molar-refractivity contribution in [3.8, 4) is 11.5 Å². The average Bonchev–Trinajstić information content (AvgIpc) is 2.59. The van der Waals surface area contributed by atoms with Gasteiger partial charge in [-0.25, -0.2) is 0 Å². The number of aliphatic hydroxyl groups excluding tert-OH is 1. The van der Waals surface area contributed by atoms with E-state index < -0.39 is 6.29 Å². The SMILES string of the molecule is CC(=CC1Oc2ccccc2O1)CO. The third kappa shape index (κ3) is 1.72. The monoisotopic (exact) mass is 192 g/mol. The van der Waals surface area contributed by atoms with Crippen LogP contribution in [0.15, 0.2) is 35.9 Å². The molecular weight excluding hydrogens is 180 g/mol. The van der Waals surface area contributed by atoms with E-state index in [1.54, 1.807) is 6.08 Å². The zero-order valence-electron chi connectivity index (χ0n) is 7.93. The molecular formula is C11H12O3. The van der Waals surface area contributed by atoms with Crippen molar-refractivity contribution in [3.63, 3.8) is 0 Å². The number of benzene rings is 1. The Morgan fingerprint density at radius 3 is 2.43 bits per heavy atom. The molecule has 0 amide bonds. The molecule has 0 fully saturated rings. The Hall–Kier alpha value is -1.48. The van der Waals surface area contributed by atoms with Crippen LogP contribution in [0.4, 0.5) is 0 Å². The number of hydrogen-bond donors (Lipinski definition) is 1. The molecule has 0 spiro atoms. The second-order valence-corrected chi connectivity index (χ2v) is 3.22. The summed E-state index contributed by atoms with van der Waals surface area (Å²) in [5, 5.41) is 8.83. The number of rotatable bonds is 2. The molecule has 1 heterocycles. The summed E-state index contributed by atoms with van der Waals surface area (Å²) in [6.07, 6.45) is 1.36. The van der Waals surface area contributed by atoms with E-state index >= 15 is 0 Å². The van der Waals surface area contributed by atoms with Gasteiger partial charge in [0.1, 0.15) is 0 Å². The van der Waals surface area contributed by atoms with Gasteiger partial charge in [-0.15, -0.1) is 0 Å². The van der Waals surface area contributed by atoms with Gasteiger partial charge in [-0.05, 0) is 30.7 Å². The van der Waals surface area contributed by atoms with E-state index in [-0.39, 0.29) is 6.61 Å². The molecule has 1 N–H and O–H groups in total. The van der Waals surface area contributed by atoms with Gasteiger partial charge in [0.15, 0.2) is 11.5 Å². The largest absolute Gasteiger partial charge is 0.447 e. The van der Waals surface area contributed by atoms with Gasteiger partial charge in [0, 0.05) is 0 Å². The predicted molar refractivity (Wildman–Crippen MR) is 52.3 cm³/mol. The fourth-order valence-corrected chi connectivity index (χ4v) is 1.27. The first-order chi connectivity index (χ1) is 6.79. The van der Waals surface area contributed by atoms with Crippen molar-refractivity contribution in [2.45, 2.75) is 13.2 Å². The van der Waals surface area contributed by atoms with Gasteiger partial charge in [0.05, 0.1) is 6.61 Å². The van der Waals surface area contributed by atoms with Crippen molar-refractivity contribution >= 4 is 0 Å². The van der Waals surface area contributed by atoms with E-state index in [4.69, 9.17) is 14.6 Å². The minimum Gasteiger partial charge on any atom is -0.447 e. The number of hydrogen-bond acceptors (Lipinski definition) is 3. The van der Waals surface area contributed by atoms with E-state index in [1.807, 2.05) is 31.2 Å². The van der Waals surface area contributed by atoms with Gasteiger partial charge in [-0.2, -0.15) is 0 Å². The normalized spacial score (nSPS) is 16.0. The Labute approximate surface area is 82.6 Å². The standard InChI is InChI=1S/C11H12O3/c1-8(7-12)6-11-13-9-4-2-3-5-10(9)14-11/h2-6,11-12H,7H2,1H3. The fourth-order valence-electron chi connectivity index (χ4n) is 1.27. The van der Waals surface area contributed by atoms with Crippen LogP contribution in [0.3, 0.4) is 0 Å². The van der Waals surface area contributed by atoms with Gasteiger partial charge in [-0.3, -0.25) is 0 Å². The summed E-state index contributed by atoms with van der Waals surface area (Å²) in [7, 11) is 0. The van der Waals surface area contributed by atoms with Gasteiger partial charge in [0.2, 0.25) is 0 Å². The van der Waals surface area contributed by atoms with Gasteiger partial charge >= 0.3 is 0 Å². The van der Waals surface area contributed by atoms with Crippen LogP contribution in [-0.2, 0) is 0 Å². The Kier molecular flexibility index (Phi) is 2.41. The average molecular weight is 192 g/mol. The van der Waals surface area contributed by atoms with Gasteiger partial charge < -0.3 is 14.6 Å². The highest BCUT2D eigenvalue weighted by atomic mass is 16.7. The highest BCUT2D eigenvalue weighted by Crippen LogP contribution is 2.34. The molecule has 0 saturated heterocycles. The first-order valence-electron chi connectivity index (χ1n) is 4.50. The smallest absolute Gasteiger partial charge is 0.261 e. The van der Waals surface area contributed by atoms with Crippen LogP contribution in [-0.4, -0.2) is 18.0 Å². The molecule has 2 rings (SSSR count). The molecule has 0 saturated carbocycles. The Morgan fingerprint density at radius 2 is 1.93 bits per heavy atom. The molecule has 1 aliphatic heterocycles. The van der Waals surface area contributed by atoms with Crippen LogP contribution in [0.5, 0.6) is 11.5 Å². The summed E-state index contributed by atoms with van der Waals surface area (Å²) in [6, 6.07) is 7.51. The van der Waals surface area contributed by atoms with Crippen molar-refractivity contribution in [2.75, 3.05) is 6.61 Å². The summed E-state index contributed by atoms with van der Waals surface area (Å²) in [6.45, 7) is 1.86. The molecule has 0 aromatic heterocycles. The third-order valence-corrected chi connectivity index (χ3v) is 2.01. The van der Waals surface area contributed by atoms with Crippen LogP contribution >= 0.6 is 0 Å².